The van der Waals surface area contributed by atoms with Crippen LogP contribution in [0.25, 0.3) is 11.3 Å². The molecule has 29 heavy (non-hydrogen) atoms. The molecule has 1 aromatic heterocycles. The van der Waals surface area contributed by atoms with Crippen molar-refractivity contribution in [1.29, 1.82) is 0 Å². The Morgan fingerprint density at radius 3 is 2.41 bits per heavy atom. The highest BCUT2D eigenvalue weighted by Gasteiger charge is 2.30. The third-order valence-electron chi connectivity index (χ3n) is 3.99. The normalized spacial score (nSPS) is 11.7. The smallest absolute Gasteiger partial charge is 0.356 e. The van der Waals surface area contributed by atoms with E-state index in [1.807, 2.05) is 36.4 Å². The summed E-state index contributed by atoms with van der Waals surface area (Å²) in [4.78, 5) is 4.07. The molecule has 0 fully saturated rings. The minimum Gasteiger partial charge on any atom is -0.356 e. The first kappa shape index (κ1) is 22.7. The van der Waals surface area contributed by atoms with Crippen molar-refractivity contribution < 1.29 is 17.7 Å². The van der Waals surface area contributed by atoms with Gasteiger partial charge in [-0.2, -0.15) is 13.2 Å². The van der Waals surface area contributed by atoms with E-state index in [-0.39, 0.29) is 30.5 Å². The van der Waals surface area contributed by atoms with Crippen LogP contribution < -0.4 is 10.6 Å². The molecule has 0 bridgehead atoms. The molecule has 5 nitrogen and oxygen atoms in total. The first-order valence-electron chi connectivity index (χ1n) is 8.57. The third kappa shape index (κ3) is 6.48. The van der Waals surface area contributed by atoms with Gasteiger partial charge in [0.15, 0.2) is 11.7 Å². The van der Waals surface area contributed by atoms with Crippen LogP contribution in [0.4, 0.5) is 13.2 Å². The van der Waals surface area contributed by atoms with E-state index in [9.17, 15) is 13.2 Å². The molecule has 3 rings (SSSR count). The van der Waals surface area contributed by atoms with Gasteiger partial charge in [-0.3, -0.25) is 4.99 Å². The van der Waals surface area contributed by atoms with Gasteiger partial charge in [-0.15, -0.1) is 24.0 Å². The number of nitrogens with one attached hydrogen (secondary N) is 2. The Kier molecular flexibility index (Phi) is 8.06. The molecule has 0 aliphatic rings. The van der Waals surface area contributed by atoms with Crippen LogP contribution in [-0.2, 0) is 19.3 Å². The van der Waals surface area contributed by atoms with Crippen LogP contribution in [0.5, 0.6) is 0 Å². The number of guanidine groups is 1. The zero-order valence-corrected chi connectivity index (χ0v) is 17.9. The Morgan fingerprint density at radius 2 is 1.72 bits per heavy atom. The fraction of sp³-hybridized carbons (Fsp3) is 0.200. The summed E-state index contributed by atoms with van der Waals surface area (Å²) in [5, 5.41) is 10.1. The summed E-state index contributed by atoms with van der Waals surface area (Å²) >= 11 is 0. The van der Waals surface area contributed by atoms with Crippen molar-refractivity contribution in [3.05, 3.63) is 77.5 Å². The molecule has 2 N–H and O–H groups in total. The van der Waals surface area contributed by atoms with E-state index in [1.54, 1.807) is 13.1 Å². The number of aliphatic imine (C=N–C) groups is 1. The second-order valence-electron chi connectivity index (χ2n) is 6.03. The molecule has 154 valence electrons. The molecule has 2 aromatic carbocycles. The van der Waals surface area contributed by atoms with E-state index in [1.165, 1.54) is 6.07 Å². The summed E-state index contributed by atoms with van der Waals surface area (Å²) in [5.74, 6) is 1.10. The minimum absolute atomic E-state index is 0. The largest absolute Gasteiger partial charge is 0.416 e. The molecule has 0 aliphatic carbocycles. The number of alkyl halides is 3. The van der Waals surface area contributed by atoms with E-state index in [4.69, 9.17) is 4.52 Å². The maximum Gasteiger partial charge on any atom is 0.416 e. The fourth-order valence-corrected chi connectivity index (χ4v) is 2.57. The van der Waals surface area contributed by atoms with Gasteiger partial charge in [0.2, 0.25) is 0 Å². The van der Waals surface area contributed by atoms with Crippen molar-refractivity contribution in [3.63, 3.8) is 0 Å². The number of rotatable bonds is 5. The van der Waals surface area contributed by atoms with Crippen molar-refractivity contribution in [2.24, 2.45) is 4.99 Å². The first-order chi connectivity index (χ1) is 13.5. The van der Waals surface area contributed by atoms with Crippen molar-refractivity contribution >= 4 is 29.9 Å². The Morgan fingerprint density at radius 1 is 1.00 bits per heavy atom. The zero-order chi connectivity index (χ0) is 20.0. The monoisotopic (exact) mass is 516 g/mol. The number of halogens is 4. The van der Waals surface area contributed by atoms with Gasteiger partial charge in [0.1, 0.15) is 5.69 Å². The highest BCUT2D eigenvalue weighted by molar-refractivity contribution is 14.0. The molecule has 0 radical (unpaired) electrons. The molecule has 0 amide bonds. The quantitative estimate of drug-likeness (QED) is 0.290. The topological polar surface area (TPSA) is 62.5 Å². The predicted molar refractivity (Wildman–Crippen MR) is 116 cm³/mol. The fourth-order valence-electron chi connectivity index (χ4n) is 2.57. The van der Waals surface area contributed by atoms with Crippen LogP contribution in [0.3, 0.4) is 0 Å². The van der Waals surface area contributed by atoms with Crippen molar-refractivity contribution in [1.82, 2.24) is 15.8 Å². The molecule has 0 unspecified atom stereocenters. The molecule has 3 aromatic rings. The summed E-state index contributed by atoms with van der Waals surface area (Å²) in [5.41, 5.74) is 1.44. The molecular weight excluding hydrogens is 496 g/mol. The van der Waals surface area contributed by atoms with Crippen molar-refractivity contribution in [2.75, 3.05) is 7.05 Å². The van der Waals surface area contributed by atoms with E-state index in [2.05, 4.69) is 20.8 Å². The summed E-state index contributed by atoms with van der Waals surface area (Å²) in [6.45, 7) is 0.566. The van der Waals surface area contributed by atoms with Crippen LogP contribution in [0.15, 0.2) is 70.2 Å². The molecule has 0 saturated heterocycles. The van der Waals surface area contributed by atoms with Gasteiger partial charge in [-0.25, -0.2) is 0 Å². The van der Waals surface area contributed by atoms with E-state index in [0.717, 1.165) is 17.7 Å². The highest BCUT2D eigenvalue weighted by atomic mass is 127. The lowest BCUT2D eigenvalue weighted by Gasteiger charge is -2.12. The number of hydrogen-bond acceptors (Lipinski definition) is 3. The molecular formula is C20H20F3IN4O. The van der Waals surface area contributed by atoms with E-state index in [0.29, 0.717) is 29.5 Å². The standard InChI is InChI=1S/C20H19F3N4O.HI/c1-24-19(25-12-14-6-5-9-16(10-14)20(21,22)23)26-13-17-11-18(28-27-17)15-7-3-2-4-8-15;/h2-11H,12-13H2,1H3,(H2,24,25,26);1H. The molecule has 0 aliphatic heterocycles. The lowest BCUT2D eigenvalue weighted by atomic mass is 10.1. The van der Waals surface area contributed by atoms with Gasteiger partial charge in [0.05, 0.1) is 12.1 Å². The highest BCUT2D eigenvalue weighted by Crippen LogP contribution is 2.29. The van der Waals surface area contributed by atoms with Gasteiger partial charge in [0.25, 0.3) is 0 Å². The third-order valence-corrected chi connectivity index (χ3v) is 3.99. The van der Waals surface area contributed by atoms with Crippen molar-refractivity contribution in [2.45, 2.75) is 19.3 Å². The van der Waals surface area contributed by atoms with Crippen molar-refractivity contribution in [3.8, 4) is 11.3 Å². The van der Waals surface area contributed by atoms with Crippen LogP contribution in [0.1, 0.15) is 16.8 Å². The van der Waals surface area contributed by atoms with Crippen LogP contribution in [-0.4, -0.2) is 18.2 Å². The summed E-state index contributed by atoms with van der Waals surface area (Å²) < 4.78 is 43.7. The minimum atomic E-state index is -4.36. The lowest BCUT2D eigenvalue weighted by Crippen LogP contribution is -2.36. The van der Waals surface area contributed by atoms with Gasteiger partial charge >= 0.3 is 6.18 Å². The van der Waals surface area contributed by atoms with Gasteiger partial charge in [-0.1, -0.05) is 47.6 Å². The predicted octanol–water partition coefficient (Wildman–Crippen LogP) is 4.84. The van der Waals surface area contributed by atoms with E-state index < -0.39 is 11.7 Å². The summed E-state index contributed by atoms with van der Waals surface area (Å²) in [6, 6.07) is 16.6. The zero-order valence-electron chi connectivity index (χ0n) is 15.5. The molecule has 0 atom stereocenters. The van der Waals surface area contributed by atoms with Gasteiger partial charge in [0, 0.05) is 25.2 Å². The average molecular weight is 516 g/mol. The van der Waals surface area contributed by atoms with Crippen LogP contribution >= 0.6 is 24.0 Å². The van der Waals surface area contributed by atoms with Crippen LogP contribution in [0.2, 0.25) is 0 Å². The second kappa shape index (κ2) is 10.3. The van der Waals surface area contributed by atoms with Crippen LogP contribution in [0, 0.1) is 0 Å². The molecule has 0 saturated carbocycles. The van der Waals surface area contributed by atoms with Gasteiger partial charge in [-0.05, 0) is 17.7 Å². The van der Waals surface area contributed by atoms with E-state index >= 15 is 0 Å². The number of nitrogens with zero attached hydrogens (tertiary/aromatic N) is 2. The first-order valence-corrected chi connectivity index (χ1v) is 8.57. The number of aromatic nitrogens is 1. The SMILES string of the molecule is CN=C(NCc1cccc(C(F)(F)F)c1)NCc1cc(-c2ccccc2)on1.I. The Labute approximate surface area is 183 Å². The number of benzene rings is 2. The van der Waals surface area contributed by atoms with Gasteiger partial charge < -0.3 is 15.2 Å². The molecule has 0 spiro atoms. The second-order valence-corrected chi connectivity index (χ2v) is 6.03. The molecule has 1 heterocycles. The Hall–Kier alpha value is -2.56. The lowest BCUT2D eigenvalue weighted by molar-refractivity contribution is -0.137. The Balaban J connectivity index is 0.00000300. The maximum absolute atomic E-state index is 12.8. The summed E-state index contributed by atoms with van der Waals surface area (Å²) in [6.07, 6.45) is -4.36. The number of hydrogen-bond donors (Lipinski definition) is 2. The maximum atomic E-state index is 12.8. The Bertz CT molecular complexity index is 942. The molecule has 9 heteroatoms. The average Bonchev–Trinajstić information content (AvgIpc) is 3.17. The summed E-state index contributed by atoms with van der Waals surface area (Å²) in [7, 11) is 1.58.